The van der Waals surface area contributed by atoms with Gasteiger partial charge < -0.3 is 15.5 Å². The zero-order valence-corrected chi connectivity index (χ0v) is 10.7. The van der Waals surface area contributed by atoms with Gasteiger partial charge in [-0.3, -0.25) is 4.79 Å². The number of aliphatic hydroxyl groups excluding tert-OH is 2. The van der Waals surface area contributed by atoms with Gasteiger partial charge in [-0.1, -0.05) is 30.3 Å². The molecule has 1 aromatic carbocycles. The highest BCUT2D eigenvalue weighted by Crippen LogP contribution is 2.04. The molecule has 18 heavy (non-hydrogen) atoms. The first-order valence-electron chi connectivity index (χ1n) is 6.24. The van der Waals surface area contributed by atoms with Gasteiger partial charge in [0, 0.05) is 6.42 Å². The SMILES string of the molecule is CC(O)CCC(=O)N[C@@H](CO)Cc1ccccc1. The summed E-state index contributed by atoms with van der Waals surface area (Å²) in [7, 11) is 0. The Morgan fingerprint density at radius 2 is 2.00 bits per heavy atom. The monoisotopic (exact) mass is 251 g/mol. The van der Waals surface area contributed by atoms with Crippen LogP contribution in [0.15, 0.2) is 30.3 Å². The van der Waals surface area contributed by atoms with Crippen LogP contribution < -0.4 is 5.32 Å². The summed E-state index contributed by atoms with van der Waals surface area (Å²) in [6.45, 7) is 1.57. The fraction of sp³-hybridized carbons (Fsp3) is 0.500. The van der Waals surface area contributed by atoms with Crippen molar-refractivity contribution in [3.8, 4) is 0 Å². The maximum Gasteiger partial charge on any atom is 0.220 e. The van der Waals surface area contributed by atoms with Crippen molar-refractivity contribution in [1.29, 1.82) is 0 Å². The maximum atomic E-state index is 11.6. The Kier molecular flexibility index (Phi) is 6.39. The molecule has 1 aromatic rings. The fourth-order valence-corrected chi connectivity index (χ4v) is 1.70. The average molecular weight is 251 g/mol. The van der Waals surface area contributed by atoms with Gasteiger partial charge >= 0.3 is 0 Å². The fourth-order valence-electron chi connectivity index (χ4n) is 1.70. The van der Waals surface area contributed by atoms with Gasteiger partial charge in [-0.2, -0.15) is 0 Å². The van der Waals surface area contributed by atoms with Gasteiger partial charge in [-0.25, -0.2) is 0 Å². The summed E-state index contributed by atoms with van der Waals surface area (Å²) in [5, 5.41) is 21.1. The van der Waals surface area contributed by atoms with Crippen molar-refractivity contribution in [2.75, 3.05) is 6.61 Å². The Bertz CT molecular complexity index is 351. The lowest BCUT2D eigenvalue weighted by atomic mass is 10.1. The minimum atomic E-state index is -0.475. The first-order valence-corrected chi connectivity index (χ1v) is 6.24. The van der Waals surface area contributed by atoms with Crippen molar-refractivity contribution >= 4 is 5.91 Å². The summed E-state index contributed by atoms with van der Waals surface area (Å²) in [6.07, 6.45) is 0.855. The van der Waals surface area contributed by atoms with Crippen molar-refractivity contribution in [3.63, 3.8) is 0 Å². The van der Waals surface area contributed by atoms with Crippen molar-refractivity contribution in [2.24, 2.45) is 0 Å². The first kappa shape index (κ1) is 14.7. The van der Waals surface area contributed by atoms with Crippen LogP contribution in [0.5, 0.6) is 0 Å². The average Bonchev–Trinajstić information content (AvgIpc) is 2.37. The molecule has 0 fully saturated rings. The molecule has 0 spiro atoms. The van der Waals surface area contributed by atoms with Crippen LogP contribution in [0.3, 0.4) is 0 Å². The van der Waals surface area contributed by atoms with Crippen LogP contribution in [0.25, 0.3) is 0 Å². The maximum absolute atomic E-state index is 11.6. The van der Waals surface area contributed by atoms with E-state index in [2.05, 4.69) is 5.32 Å². The highest BCUT2D eigenvalue weighted by Gasteiger charge is 2.12. The van der Waals surface area contributed by atoms with Gasteiger partial charge in [0.05, 0.1) is 18.8 Å². The molecule has 100 valence electrons. The molecule has 0 aliphatic heterocycles. The molecular formula is C14H21NO3. The molecule has 3 N–H and O–H groups in total. The molecule has 0 aliphatic carbocycles. The Hall–Kier alpha value is -1.39. The number of hydrogen-bond donors (Lipinski definition) is 3. The minimum Gasteiger partial charge on any atom is -0.394 e. The third kappa shape index (κ3) is 5.80. The van der Waals surface area contributed by atoms with E-state index in [1.165, 1.54) is 0 Å². The molecule has 4 heteroatoms. The Morgan fingerprint density at radius 1 is 1.33 bits per heavy atom. The van der Waals surface area contributed by atoms with Crippen LogP contribution in [-0.4, -0.2) is 34.9 Å². The standard InChI is InChI=1S/C14H21NO3/c1-11(17)7-8-14(18)15-13(10-16)9-12-5-3-2-4-6-12/h2-6,11,13,16-17H,7-10H2,1H3,(H,15,18)/t11?,13-/m1/s1. The zero-order valence-electron chi connectivity index (χ0n) is 10.7. The lowest BCUT2D eigenvalue weighted by Gasteiger charge is -2.16. The molecule has 0 radical (unpaired) electrons. The van der Waals surface area contributed by atoms with E-state index in [1.54, 1.807) is 6.92 Å². The van der Waals surface area contributed by atoms with Gasteiger partial charge in [0.15, 0.2) is 0 Å². The summed E-state index contributed by atoms with van der Waals surface area (Å²) < 4.78 is 0. The highest BCUT2D eigenvalue weighted by molar-refractivity contribution is 5.76. The van der Waals surface area contributed by atoms with Gasteiger partial charge in [0.2, 0.25) is 5.91 Å². The second-order valence-corrected chi connectivity index (χ2v) is 4.52. The molecular weight excluding hydrogens is 230 g/mol. The predicted octanol–water partition coefficient (Wildman–Crippen LogP) is 0.867. The molecule has 0 saturated carbocycles. The van der Waals surface area contributed by atoms with E-state index in [0.717, 1.165) is 5.56 Å². The highest BCUT2D eigenvalue weighted by atomic mass is 16.3. The van der Waals surface area contributed by atoms with Crippen LogP contribution >= 0.6 is 0 Å². The number of carbonyl (C=O) groups excluding carboxylic acids is 1. The molecule has 2 atom stereocenters. The molecule has 1 rings (SSSR count). The number of amides is 1. The van der Waals surface area contributed by atoms with Gasteiger partial charge in [0.25, 0.3) is 0 Å². The van der Waals surface area contributed by atoms with Crippen LogP contribution in [0.2, 0.25) is 0 Å². The van der Waals surface area contributed by atoms with Gasteiger partial charge in [-0.05, 0) is 25.3 Å². The molecule has 4 nitrogen and oxygen atoms in total. The topological polar surface area (TPSA) is 69.6 Å². The Labute approximate surface area is 108 Å². The third-order valence-corrected chi connectivity index (χ3v) is 2.70. The van der Waals surface area contributed by atoms with Crippen LogP contribution in [0, 0.1) is 0 Å². The lowest BCUT2D eigenvalue weighted by molar-refractivity contribution is -0.122. The second kappa shape index (κ2) is 7.84. The number of hydrogen-bond acceptors (Lipinski definition) is 3. The Morgan fingerprint density at radius 3 is 2.56 bits per heavy atom. The molecule has 0 saturated heterocycles. The van der Waals surface area contributed by atoms with Crippen molar-refractivity contribution in [1.82, 2.24) is 5.32 Å². The van der Waals surface area contributed by atoms with Gasteiger partial charge in [-0.15, -0.1) is 0 Å². The molecule has 0 bridgehead atoms. The normalized spacial score (nSPS) is 13.9. The number of rotatable bonds is 7. The molecule has 1 unspecified atom stereocenters. The molecule has 1 amide bonds. The molecule has 0 aliphatic rings. The number of aliphatic hydroxyl groups is 2. The van der Waals surface area contributed by atoms with Crippen LogP contribution in [0.1, 0.15) is 25.3 Å². The van der Waals surface area contributed by atoms with Crippen LogP contribution in [-0.2, 0) is 11.2 Å². The molecule has 0 heterocycles. The van der Waals surface area contributed by atoms with Gasteiger partial charge in [0.1, 0.15) is 0 Å². The third-order valence-electron chi connectivity index (χ3n) is 2.70. The largest absolute Gasteiger partial charge is 0.394 e. The second-order valence-electron chi connectivity index (χ2n) is 4.52. The van der Waals surface area contributed by atoms with E-state index in [4.69, 9.17) is 5.11 Å². The van der Waals surface area contributed by atoms with E-state index < -0.39 is 6.10 Å². The number of carbonyl (C=O) groups is 1. The zero-order chi connectivity index (χ0) is 13.4. The summed E-state index contributed by atoms with van der Waals surface area (Å²) in [6, 6.07) is 9.44. The van der Waals surface area contributed by atoms with Crippen molar-refractivity contribution < 1.29 is 15.0 Å². The lowest BCUT2D eigenvalue weighted by Crippen LogP contribution is -2.39. The van der Waals surface area contributed by atoms with E-state index in [1.807, 2.05) is 30.3 Å². The number of nitrogens with one attached hydrogen (secondary N) is 1. The van der Waals surface area contributed by atoms with E-state index in [9.17, 15) is 9.90 Å². The number of benzene rings is 1. The van der Waals surface area contributed by atoms with E-state index in [0.29, 0.717) is 12.8 Å². The smallest absolute Gasteiger partial charge is 0.220 e. The molecule has 0 aromatic heterocycles. The summed E-state index contributed by atoms with van der Waals surface area (Å²) in [5.41, 5.74) is 1.08. The summed E-state index contributed by atoms with van der Waals surface area (Å²) >= 11 is 0. The Balaban J connectivity index is 2.40. The van der Waals surface area contributed by atoms with Crippen molar-refractivity contribution in [3.05, 3.63) is 35.9 Å². The summed E-state index contributed by atoms with van der Waals surface area (Å²) in [4.78, 5) is 11.6. The first-order chi connectivity index (χ1) is 8.61. The predicted molar refractivity (Wildman–Crippen MR) is 70.1 cm³/mol. The van der Waals surface area contributed by atoms with Crippen molar-refractivity contribution in [2.45, 2.75) is 38.3 Å². The quantitative estimate of drug-likeness (QED) is 0.673. The van der Waals surface area contributed by atoms with E-state index >= 15 is 0 Å². The summed E-state index contributed by atoms with van der Waals surface area (Å²) in [5.74, 6) is -0.133. The van der Waals surface area contributed by atoms with E-state index in [-0.39, 0.29) is 25.0 Å². The van der Waals surface area contributed by atoms with Crippen LogP contribution in [0.4, 0.5) is 0 Å². The minimum absolute atomic E-state index is 0.0880.